The number of pyridine rings is 1. The molecular formula is C14H20N2O2. The second kappa shape index (κ2) is 5.06. The lowest BCUT2D eigenvalue weighted by Crippen LogP contribution is -2.58. The van der Waals surface area contributed by atoms with Crippen LogP contribution in [0.2, 0.25) is 0 Å². The molecule has 1 aliphatic heterocycles. The van der Waals surface area contributed by atoms with Crippen molar-refractivity contribution in [2.45, 2.75) is 44.8 Å². The van der Waals surface area contributed by atoms with Gasteiger partial charge >= 0.3 is 0 Å². The fraction of sp³-hybridized carbons (Fsp3) is 0.571. The lowest BCUT2D eigenvalue weighted by molar-refractivity contribution is -0.144. The molecule has 0 aromatic carbocycles. The molecule has 1 saturated heterocycles. The number of carbonyl (C=O) groups is 1. The van der Waals surface area contributed by atoms with Gasteiger partial charge in [0, 0.05) is 18.9 Å². The normalized spacial score (nSPS) is 22.8. The van der Waals surface area contributed by atoms with E-state index in [-0.39, 0.29) is 5.91 Å². The number of aromatic nitrogens is 1. The Morgan fingerprint density at radius 3 is 3.06 bits per heavy atom. The molecule has 0 bridgehead atoms. The molecule has 4 heteroatoms. The van der Waals surface area contributed by atoms with E-state index in [0.717, 1.165) is 24.9 Å². The molecule has 0 aliphatic carbocycles. The number of hydrogen-bond acceptors (Lipinski definition) is 3. The zero-order valence-electron chi connectivity index (χ0n) is 11.0. The first-order valence-electron chi connectivity index (χ1n) is 6.39. The summed E-state index contributed by atoms with van der Waals surface area (Å²) in [6.07, 6.45) is 4.95. The van der Waals surface area contributed by atoms with E-state index in [1.807, 2.05) is 26.0 Å². The summed E-state index contributed by atoms with van der Waals surface area (Å²) in [5.41, 5.74) is 0.440. The molecule has 1 atom stereocenters. The monoisotopic (exact) mass is 248 g/mol. The Labute approximate surface area is 108 Å². The maximum absolute atomic E-state index is 12.3. The average Bonchev–Trinajstić information content (AvgIpc) is 2.33. The zero-order chi connectivity index (χ0) is 13.2. The van der Waals surface area contributed by atoms with Gasteiger partial charge in [0.25, 0.3) is 0 Å². The Morgan fingerprint density at radius 1 is 1.61 bits per heavy atom. The largest absolute Gasteiger partial charge is 0.391 e. The van der Waals surface area contributed by atoms with E-state index in [0.29, 0.717) is 6.42 Å². The smallest absolute Gasteiger partial charge is 0.227 e. The topological polar surface area (TPSA) is 53.4 Å². The number of likely N-dealkylation sites (tertiary alicyclic amines) is 1. The fourth-order valence-electron chi connectivity index (χ4n) is 2.48. The minimum Gasteiger partial charge on any atom is -0.391 e. The van der Waals surface area contributed by atoms with Crippen LogP contribution in [-0.4, -0.2) is 39.1 Å². The predicted molar refractivity (Wildman–Crippen MR) is 69.0 cm³/mol. The minimum absolute atomic E-state index is 0.0618. The average molecular weight is 248 g/mol. The van der Waals surface area contributed by atoms with Gasteiger partial charge in [0.15, 0.2) is 0 Å². The lowest BCUT2D eigenvalue weighted by atomic mass is 9.87. The Hall–Kier alpha value is -1.42. The molecule has 1 aliphatic rings. The van der Waals surface area contributed by atoms with E-state index in [9.17, 15) is 9.90 Å². The number of carbonyl (C=O) groups excluding carboxylic acids is 1. The number of amides is 1. The maximum atomic E-state index is 12.3. The van der Waals surface area contributed by atoms with Crippen LogP contribution < -0.4 is 0 Å². The molecular weight excluding hydrogens is 228 g/mol. The third-order valence-corrected chi connectivity index (χ3v) is 3.75. The SMILES string of the molecule is CC1(C)C(O)CCCN1C(=O)Cc1cccnc1. The number of aliphatic hydroxyl groups excluding tert-OH is 1. The Morgan fingerprint density at radius 2 is 2.39 bits per heavy atom. The molecule has 0 spiro atoms. The van der Waals surface area contributed by atoms with Gasteiger partial charge in [-0.1, -0.05) is 6.07 Å². The summed E-state index contributed by atoms with van der Waals surface area (Å²) >= 11 is 0. The third kappa shape index (κ3) is 2.53. The summed E-state index contributed by atoms with van der Waals surface area (Å²) in [5.74, 6) is 0.0618. The van der Waals surface area contributed by atoms with Crippen molar-refractivity contribution in [1.82, 2.24) is 9.88 Å². The van der Waals surface area contributed by atoms with Crippen molar-refractivity contribution in [1.29, 1.82) is 0 Å². The van der Waals surface area contributed by atoms with E-state index in [4.69, 9.17) is 0 Å². The molecule has 0 radical (unpaired) electrons. The van der Waals surface area contributed by atoms with E-state index >= 15 is 0 Å². The van der Waals surface area contributed by atoms with Gasteiger partial charge in [-0.15, -0.1) is 0 Å². The summed E-state index contributed by atoms with van der Waals surface area (Å²) in [7, 11) is 0. The molecule has 1 aromatic rings. The van der Waals surface area contributed by atoms with Crippen LogP contribution >= 0.6 is 0 Å². The third-order valence-electron chi connectivity index (χ3n) is 3.75. The van der Waals surface area contributed by atoms with Crippen molar-refractivity contribution in [3.63, 3.8) is 0 Å². The van der Waals surface area contributed by atoms with Gasteiger partial charge in [0.05, 0.1) is 18.1 Å². The highest BCUT2D eigenvalue weighted by Gasteiger charge is 2.39. The van der Waals surface area contributed by atoms with Crippen molar-refractivity contribution >= 4 is 5.91 Å². The molecule has 1 amide bonds. The quantitative estimate of drug-likeness (QED) is 0.860. The molecule has 2 rings (SSSR count). The fourth-order valence-corrected chi connectivity index (χ4v) is 2.48. The molecule has 1 fully saturated rings. The Bertz CT molecular complexity index is 417. The molecule has 98 valence electrons. The number of nitrogens with zero attached hydrogens (tertiary/aromatic N) is 2. The molecule has 1 unspecified atom stereocenters. The molecule has 18 heavy (non-hydrogen) atoms. The first-order valence-corrected chi connectivity index (χ1v) is 6.39. The van der Waals surface area contributed by atoms with Crippen molar-refractivity contribution in [2.75, 3.05) is 6.54 Å². The number of rotatable bonds is 2. The van der Waals surface area contributed by atoms with Crippen LogP contribution in [0.1, 0.15) is 32.3 Å². The van der Waals surface area contributed by atoms with Gasteiger partial charge in [-0.2, -0.15) is 0 Å². The highest BCUT2D eigenvalue weighted by molar-refractivity contribution is 5.79. The first kappa shape index (κ1) is 13.0. The van der Waals surface area contributed by atoms with E-state index in [1.54, 1.807) is 17.3 Å². The van der Waals surface area contributed by atoms with Crippen molar-refractivity contribution in [3.8, 4) is 0 Å². The van der Waals surface area contributed by atoms with Gasteiger partial charge < -0.3 is 10.0 Å². The molecule has 1 aromatic heterocycles. The zero-order valence-corrected chi connectivity index (χ0v) is 11.0. The summed E-state index contributed by atoms with van der Waals surface area (Å²) in [6, 6.07) is 3.73. The summed E-state index contributed by atoms with van der Waals surface area (Å²) in [4.78, 5) is 18.1. The Balaban J connectivity index is 2.09. The van der Waals surface area contributed by atoms with Crippen LogP contribution in [0.3, 0.4) is 0 Å². The van der Waals surface area contributed by atoms with Gasteiger partial charge in [0.1, 0.15) is 0 Å². The number of aliphatic hydroxyl groups is 1. The molecule has 1 N–H and O–H groups in total. The second-order valence-electron chi connectivity index (χ2n) is 5.40. The van der Waals surface area contributed by atoms with Crippen LogP contribution in [0.4, 0.5) is 0 Å². The highest BCUT2D eigenvalue weighted by atomic mass is 16.3. The molecule has 2 heterocycles. The minimum atomic E-state index is -0.475. The predicted octanol–water partition coefficient (Wildman–Crippen LogP) is 1.39. The maximum Gasteiger partial charge on any atom is 0.227 e. The standard InChI is InChI=1S/C14H20N2O2/c1-14(2)12(17)6-4-8-16(14)13(18)9-11-5-3-7-15-10-11/h3,5,7,10,12,17H,4,6,8-9H2,1-2H3. The number of piperidine rings is 1. The highest BCUT2D eigenvalue weighted by Crippen LogP contribution is 2.28. The van der Waals surface area contributed by atoms with Gasteiger partial charge in [-0.25, -0.2) is 0 Å². The summed E-state index contributed by atoms with van der Waals surface area (Å²) in [6.45, 7) is 4.58. The van der Waals surface area contributed by atoms with Crippen molar-refractivity contribution in [2.24, 2.45) is 0 Å². The summed E-state index contributed by atoms with van der Waals surface area (Å²) in [5, 5.41) is 10.0. The van der Waals surface area contributed by atoms with Gasteiger partial charge in [0.2, 0.25) is 5.91 Å². The lowest BCUT2D eigenvalue weighted by Gasteiger charge is -2.46. The van der Waals surface area contributed by atoms with Gasteiger partial charge in [-0.3, -0.25) is 9.78 Å². The first-order chi connectivity index (χ1) is 8.51. The second-order valence-corrected chi connectivity index (χ2v) is 5.40. The molecule has 4 nitrogen and oxygen atoms in total. The van der Waals surface area contributed by atoms with Crippen LogP contribution in [0.5, 0.6) is 0 Å². The van der Waals surface area contributed by atoms with E-state index in [2.05, 4.69) is 4.98 Å². The molecule has 0 saturated carbocycles. The van der Waals surface area contributed by atoms with Gasteiger partial charge in [-0.05, 0) is 38.3 Å². The van der Waals surface area contributed by atoms with E-state index in [1.165, 1.54) is 0 Å². The van der Waals surface area contributed by atoms with E-state index < -0.39 is 11.6 Å². The van der Waals surface area contributed by atoms with Crippen LogP contribution in [0.25, 0.3) is 0 Å². The van der Waals surface area contributed by atoms with Crippen LogP contribution in [0, 0.1) is 0 Å². The van der Waals surface area contributed by atoms with Crippen molar-refractivity contribution in [3.05, 3.63) is 30.1 Å². The van der Waals surface area contributed by atoms with Crippen LogP contribution in [-0.2, 0) is 11.2 Å². The van der Waals surface area contributed by atoms with Crippen LogP contribution in [0.15, 0.2) is 24.5 Å². The number of hydrogen-bond donors (Lipinski definition) is 1. The Kier molecular flexibility index (Phi) is 3.66. The van der Waals surface area contributed by atoms with Crippen molar-refractivity contribution < 1.29 is 9.90 Å². The summed E-state index contributed by atoms with van der Waals surface area (Å²) < 4.78 is 0.